The highest BCUT2D eigenvalue weighted by atomic mass is 16.5. The zero-order valence-corrected chi connectivity index (χ0v) is 11.9. The second-order valence-electron chi connectivity index (χ2n) is 4.65. The number of esters is 1. The summed E-state index contributed by atoms with van der Waals surface area (Å²) < 4.78 is 4.99. The number of hydrogen-bond donors (Lipinski definition) is 2. The van der Waals surface area contributed by atoms with Gasteiger partial charge in [0.2, 0.25) is 5.91 Å². The highest BCUT2D eigenvalue weighted by Crippen LogP contribution is 2.25. The SMILES string of the molecule is CCOC(=O)Cc1c(C)[nH]c2cc(NC(C)=O)ccc12. The Balaban J connectivity index is 2.34. The minimum absolute atomic E-state index is 0.112. The van der Waals surface area contributed by atoms with Crippen molar-refractivity contribution >= 4 is 28.5 Å². The maximum atomic E-state index is 11.6. The molecule has 0 aliphatic rings. The van der Waals surface area contributed by atoms with Gasteiger partial charge < -0.3 is 15.0 Å². The zero-order chi connectivity index (χ0) is 14.7. The van der Waals surface area contributed by atoms with Crippen molar-refractivity contribution in [1.29, 1.82) is 0 Å². The Kier molecular flexibility index (Phi) is 4.08. The van der Waals surface area contributed by atoms with Crippen LogP contribution in [0, 0.1) is 6.92 Å². The molecule has 1 heterocycles. The number of fused-ring (bicyclic) bond motifs is 1. The first-order valence-corrected chi connectivity index (χ1v) is 6.55. The van der Waals surface area contributed by atoms with Gasteiger partial charge in [-0.3, -0.25) is 9.59 Å². The molecular weight excluding hydrogens is 256 g/mol. The van der Waals surface area contributed by atoms with Crippen molar-refractivity contribution in [3.8, 4) is 0 Å². The average molecular weight is 274 g/mol. The fourth-order valence-corrected chi connectivity index (χ4v) is 2.26. The van der Waals surface area contributed by atoms with Crippen LogP contribution in [0.1, 0.15) is 25.1 Å². The summed E-state index contributed by atoms with van der Waals surface area (Å²) in [6.07, 6.45) is 0.249. The number of H-pyrrole nitrogens is 1. The van der Waals surface area contributed by atoms with Gasteiger partial charge in [0.25, 0.3) is 0 Å². The smallest absolute Gasteiger partial charge is 0.310 e. The van der Waals surface area contributed by atoms with Crippen LogP contribution in [-0.4, -0.2) is 23.5 Å². The molecule has 0 saturated carbocycles. The Morgan fingerprint density at radius 2 is 2.10 bits per heavy atom. The average Bonchev–Trinajstić information content (AvgIpc) is 2.65. The van der Waals surface area contributed by atoms with Crippen molar-refractivity contribution in [1.82, 2.24) is 4.98 Å². The van der Waals surface area contributed by atoms with Gasteiger partial charge in [-0.25, -0.2) is 0 Å². The topological polar surface area (TPSA) is 71.2 Å². The number of carbonyl (C=O) groups is 2. The van der Waals surface area contributed by atoms with Crippen LogP contribution in [0.4, 0.5) is 5.69 Å². The Bertz CT molecular complexity index is 658. The van der Waals surface area contributed by atoms with Crippen molar-refractivity contribution in [3.63, 3.8) is 0 Å². The molecule has 0 aliphatic heterocycles. The number of aromatic nitrogens is 1. The number of carbonyl (C=O) groups excluding carboxylic acids is 2. The number of aryl methyl sites for hydroxylation is 1. The Labute approximate surface area is 117 Å². The number of anilines is 1. The van der Waals surface area contributed by atoms with Crippen molar-refractivity contribution in [3.05, 3.63) is 29.5 Å². The molecule has 1 aromatic heterocycles. The lowest BCUT2D eigenvalue weighted by Gasteiger charge is -2.03. The van der Waals surface area contributed by atoms with Gasteiger partial charge in [0, 0.05) is 29.2 Å². The number of rotatable bonds is 4. The third-order valence-corrected chi connectivity index (χ3v) is 3.07. The monoisotopic (exact) mass is 274 g/mol. The summed E-state index contributed by atoms with van der Waals surface area (Å²) in [5, 5.41) is 3.71. The molecule has 0 unspecified atom stereocenters. The first-order chi connectivity index (χ1) is 9.51. The molecule has 0 atom stereocenters. The van der Waals surface area contributed by atoms with E-state index in [1.54, 1.807) is 6.92 Å². The summed E-state index contributed by atoms with van der Waals surface area (Å²) in [6.45, 7) is 5.57. The third kappa shape index (κ3) is 2.99. The van der Waals surface area contributed by atoms with Crippen molar-refractivity contribution in [2.24, 2.45) is 0 Å². The molecule has 106 valence electrons. The lowest BCUT2D eigenvalue weighted by molar-refractivity contribution is -0.142. The van der Waals surface area contributed by atoms with Crippen LogP contribution in [0.3, 0.4) is 0 Å². The first kappa shape index (κ1) is 14.1. The first-order valence-electron chi connectivity index (χ1n) is 6.55. The van der Waals surface area contributed by atoms with E-state index in [4.69, 9.17) is 4.74 Å². The van der Waals surface area contributed by atoms with Crippen LogP contribution < -0.4 is 5.32 Å². The Hall–Kier alpha value is -2.30. The van der Waals surface area contributed by atoms with E-state index >= 15 is 0 Å². The number of nitrogens with one attached hydrogen (secondary N) is 2. The van der Waals surface area contributed by atoms with Crippen LogP contribution in [0.2, 0.25) is 0 Å². The second kappa shape index (κ2) is 5.77. The van der Waals surface area contributed by atoms with Crippen LogP contribution in [0.15, 0.2) is 18.2 Å². The van der Waals surface area contributed by atoms with E-state index in [0.29, 0.717) is 6.61 Å². The Morgan fingerprint density at radius 3 is 2.75 bits per heavy atom. The van der Waals surface area contributed by atoms with Crippen molar-refractivity contribution in [2.45, 2.75) is 27.2 Å². The van der Waals surface area contributed by atoms with Crippen LogP contribution in [0.25, 0.3) is 10.9 Å². The number of amides is 1. The maximum Gasteiger partial charge on any atom is 0.310 e. The molecule has 1 amide bonds. The van der Waals surface area contributed by atoms with Crippen LogP contribution >= 0.6 is 0 Å². The largest absolute Gasteiger partial charge is 0.466 e. The Morgan fingerprint density at radius 1 is 1.35 bits per heavy atom. The van der Waals surface area contributed by atoms with Crippen LogP contribution in [-0.2, 0) is 20.7 Å². The van der Waals surface area contributed by atoms with Crippen molar-refractivity contribution in [2.75, 3.05) is 11.9 Å². The normalized spacial score (nSPS) is 10.6. The molecule has 5 heteroatoms. The van der Waals surface area contributed by atoms with Gasteiger partial charge in [-0.2, -0.15) is 0 Å². The van der Waals surface area contributed by atoms with E-state index < -0.39 is 0 Å². The fourth-order valence-electron chi connectivity index (χ4n) is 2.26. The zero-order valence-electron chi connectivity index (χ0n) is 11.9. The molecule has 1 aromatic carbocycles. The molecule has 0 spiro atoms. The van der Waals surface area contributed by atoms with Gasteiger partial charge in [-0.15, -0.1) is 0 Å². The second-order valence-corrected chi connectivity index (χ2v) is 4.65. The molecule has 2 aromatic rings. The lowest BCUT2D eigenvalue weighted by atomic mass is 10.1. The van der Waals surface area contributed by atoms with E-state index in [-0.39, 0.29) is 18.3 Å². The third-order valence-electron chi connectivity index (χ3n) is 3.07. The summed E-state index contributed by atoms with van der Waals surface area (Å²) in [7, 11) is 0. The molecule has 20 heavy (non-hydrogen) atoms. The minimum Gasteiger partial charge on any atom is -0.466 e. The summed E-state index contributed by atoms with van der Waals surface area (Å²) in [5.41, 5.74) is 3.50. The molecule has 2 N–H and O–H groups in total. The predicted molar refractivity (Wildman–Crippen MR) is 77.7 cm³/mol. The molecule has 0 radical (unpaired) electrons. The molecule has 5 nitrogen and oxygen atoms in total. The van der Waals surface area contributed by atoms with E-state index in [9.17, 15) is 9.59 Å². The molecule has 0 aliphatic carbocycles. The molecule has 0 bridgehead atoms. The predicted octanol–water partition coefficient (Wildman–Crippen LogP) is 2.54. The number of hydrogen-bond acceptors (Lipinski definition) is 3. The van der Waals surface area contributed by atoms with Crippen LogP contribution in [0.5, 0.6) is 0 Å². The van der Waals surface area contributed by atoms with E-state index in [1.165, 1.54) is 6.92 Å². The highest BCUT2D eigenvalue weighted by molar-refractivity contribution is 5.94. The van der Waals surface area contributed by atoms with Gasteiger partial charge in [0.05, 0.1) is 13.0 Å². The van der Waals surface area contributed by atoms with Gasteiger partial charge in [-0.1, -0.05) is 6.07 Å². The summed E-state index contributed by atoms with van der Waals surface area (Å²) in [5.74, 6) is -0.346. The quantitative estimate of drug-likeness (QED) is 0.842. The summed E-state index contributed by atoms with van der Waals surface area (Å²) in [6, 6.07) is 5.59. The fraction of sp³-hybridized carbons (Fsp3) is 0.333. The number of aromatic amines is 1. The molecular formula is C15H18N2O3. The number of ether oxygens (including phenoxy) is 1. The van der Waals surface area contributed by atoms with Gasteiger partial charge >= 0.3 is 5.97 Å². The lowest BCUT2D eigenvalue weighted by Crippen LogP contribution is -2.08. The molecule has 2 rings (SSSR count). The highest BCUT2D eigenvalue weighted by Gasteiger charge is 2.13. The molecule has 0 fully saturated rings. The maximum absolute atomic E-state index is 11.6. The van der Waals surface area contributed by atoms with E-state index in [2.05, 4.69) is 10.3 Å². The summed E-state index contributed by atoms with van der Waals surface area (Å²) in [4.78, 5) is 25.9. The van der Waals surface area contributed by atoms with Crippen molar-refractivity contribution < 1.29 is 14.3 Å². The summed E-state index contributed by atoms with van der Waals surface area (Å²) >= 11 is 0. The molecule has 0 saturated heterocycles. The number of benzene rings is 1. The van der Waals surface area contributed by atoms with E-state index in [1.807, 2.05) is 25.1 Å². The standard InChI is InChI=1S/C15H18N2O3/c1-4-20-15(19)8-13-9(2)16-14-7-11(17-10(3)18)5-6-12(13)14/h5-7,16H,4,8H2,1-3H3,(H,17,18). The van der Waals surface area contributed by atoms with Gasteiger partial charge in [0.1, 0.15) is 0 Å². The van der Waals surface area contributed by atoms with E-state index in [0.717, 1.165) is 27.8 Å². The van der Waals surface area contributed by atoms with Gasteiger partial charge in [0.15, 0.2) is 0 Å². The van der Waals surface area contributed by atoms with Gasteiger partial charge in [-0.05, 0) is 31.5 Å². The minimum atomic E-state index is -0.234.